The Hall–Kier alpha value is -0.593. The van der Waals surface area contributed by atoms with Crippen molar-refractivity contribution in [2.45, 2.75) is 123 Å². The van der Waals surface area contributed by atoms with Gasteiger partial charge in [0.2, 0.25) is 8.32 Å². The largest absolute Gasteiger partial charge is 0.465 e. The number of carbonyl (C=O) groups is 1. The standard InChI is InChI=1S/C22H46N2O3Si/c1-15(2)28(16(3)4,17(5)6)27-19-12-10-18(11-13-19)23-14-20(22(7,8)9)24-21(25)26/h15-20,23-24H,10-14H2,1-9H3,(H,25,26). The number of amides is 1. The Morgan fingerprint density at radius 1 is 1.00 bits per heavy atom. The lowest BCUT2D eigenvalue weighted by Crippen LogP contribution is -2.53. The van der Waals surface area contributed by atoms with Crippen molar-refractivity contribution in [3.8, 4) is 0 Å². The number of hydrogen-bond acceptors (Lipinski definition) is 3. The van der Waals surface area contributed by atoms with Crippen LogP contribution < -0.4 is 10.6 Å². The van der Waals surface area contributed by atoms with Gasteiger partial charge in [-0.25, -0.2) is 4.79 Å². The lowest BCUT2D eigenvalue weighted by atomic mass is 9.86. The fraction of sp³-hybridized carbons (Fsp3) is 0.955. The molecule has 1 unspecified atom stereocenters. The normalized spacial score (nSPS) is 22.7. The molecule has 0 aromatic carbocycles. The van der Waals surface area contributed by atoms with Crippen LogP contribution >= 0.6 is 0 Å². The minimum absolute atomic E-state index is 0.0955. The van der Waals surface area contributed by atoms with Crippen molar-refractivity contribution < 1.29 is 14.3 Å². The molecule has 0 radical (unpaired) electrons. The first-order valence-electron chi connectivity index (χ1n) is 11.2. The topological polar surface area (TPSA) is 70.6 Å². The molecule has 28 heavy (non-hydrogen) atoms. The molecule has 0 aliphatic heterocycles. The molecule has 3 N–H and O–H groups in total. The van der Waals surface area contributed by atoms with Gasteiger partial charge in [-0.15, -0.1) is 0 Å². The molecule has 166 valence electrons. The van der Waals surface area contributed by atoms with E-state index in [4.69, 9.17) is 9.53 Å². The highest BCUT2D eigenvalue weighted by molar-refractivity contribution is 6.77. The van der Waals surface area contributed by atoms with Crippen molar-refractivity contribution in [1.29, 1.82) is 0 Å². The highest BCUT2D eigenvalue weighted by Gasteiger charge is 2.46. The molecular formula is C22H46N2O3Si. The van der Waals surface area contributed by atoms with Gasteiger partial charge >= 0.3 is 6.09 Å². The summed E-state index contributed by atoms with van der Waals surface area (Å²) >= 11 is 0. The van der Waals surface area contributed by atoms with Gasteiger partial charge in [-0.05, 0) is 47.7 Å². The Kier molecular flexibility index (Phi) is 9.49. The van der Waals surface area contributed by atoms with E-state index in [1.54, 1.807) is 0 Å². The average molecular weight is 415 g/mol. The van der Waals surface area contributed by atoms with Crippen molar-refractivity contribution in [2.24, 2.45) is 5.41 Å². The van der Waals surface area contributed by atoms with Gasteiger partial charge in [0.1, 0.15) is 0 Å². The van der Waals surface area contributed by atoms with Crippen LogP contribution in [0.25, 0.3) is 0 Å². The molecule has 1 saturated carbocycles. The molecule has 1 atom stereocenters. The van der Waals surface area contributed by atoms with Crippen molar-refractivity contribution >= 4 is 14.4 Å². The van der Waals surface area contributed by atoms with Gasteiger partial charge in [-0.3, -0.25) is 0 Å². The van der Waals surface area contributed by atoms with Gasteiger partial charge in [0, 0.05) is 24.7 Å². The minimum Gasteiger partial charge on any atom is -0.465 e. The molecule has 0 bridgehead atoms. The summed E-state index contributed by atoms with van der Waals surface area (Å²) in [6, 6.07) is 0.357. The summed E-state index contributed by atoms with van der Waals surface area (Å²) in [6.07, 6.45) is 3.85. The monoisotopic (exact) mass is 414 g/mol. The highest BCUT2D eigenvalue weighted by atomic mass is 28.4. The van der Waals surface area contributed by atoms with E-state index in [1.807, 2.05) is 0 Å². The zero-order valence-electron chi connectivity index (χ0n) is 19.8. The van der Waals surface area contributed by atoms with Crippen LogP contribution in [-0.2, 0) is 4.43 Å². The van der Waals surface area contributed by atoms with Crippen LogP contribution in [-0.4, -0.2) is 44.2 Å². The summed E-state index contributed by atoms with van der Waals surface area (Å²) in [6.45, 7) is 21.0. The SMILES string of the molecule is CC(C)[Si](OC1CCC(NCC(NC(=O)O)C(C)(C)C)CC1)(C(C)C)C(C)C. The van der Waals surface area contributed by atoms with Crippen LogP contribution in [0.4, 0.5) is 4.79 Å². The van der Waals surface area contributed by atoms with Crippen LogP contribution in [0, 0.1) is 5.41 Å². The molecule has 0 aromatic heterocycles. The fourth-order valence-electron chi connectivity index (χ4n) is 5.09. The van der Waals surface area contributed by atoms with Crippen LogP contribution in [0.2, 0.25) is 16.6 Å². The van der Waals surface area contributed by atoms with Crippen LogP contribution in [0.5, 0.6) is 0 Å². The minimum atomic E-state index is -1.81. The summed E-state index contributed by atoms with van der Waals surface area (Å²) in [4.78, 5) is 11.1. The summed E-state index contributed by atoms with van der Waals surface area (Å²) in [5, 5.41) is 15.4. The quantitative estimate of drug-likeness (QED) is 0.419. The molecule has 6 heteroatoms. The van der Waals surface area contributed by atoms with Crippen molar-refractivity contribution in [2.75, 3.05) is 6.54 Å². The van der Waals surface area contributed by atoms with E-state index < -0.39 is 14.4 Å². The molecule has 0 saturated heterocycles. The second-order valence-corrected chi connectivity index (χ2v) is 16.1. The average Bonchev–Trinajstić information content (AvgIpc) is 2.55. The van der Waals surface area contributed by atoms with Crippen molar-refractivity contribution in [1.82, 2.24) is 10.6 Å². The first-order valence-corrected chi connectivity index (χ1v) is 13.3. The maximum atomic E-state index is 11.1. The van der Waals surface area contributed by atoms with Gasteiger partial charge in [0.25, 0.3) is 0 Å². The van der Waals surface area contributed by atoms with E-state index in [2.05, 4.69) is 72.9 Å². The smallest absolute Gasteiger partial charge is 0.404 e. The Morgan fingerprint density at radius 3 is 1.82 bits per heavy atom. The van der Waals surface area contributed by atoms with Crippen LogP contribution in [0.1, 0.15) is 88.0 Å². The zero-order valence-corrected chi connectivity index (χ0v) is 20.8. The van der Waals surface area contributed by atoms with E-state index in [-0.39, 0.29) is 11.5 Å². The van der Waals surface area contributed by atoms with Gasteiger partial charge in [0.15, 0.2) is 0 Å². The Morgan fingerprint density at radius 2 is 1.46 bits per heavy atom. The zero-order chi connectivity index (χ0) is 21.7. The summed E-state index contributed by atoms with van der Waals surface area (Å²) in [5.74, 6) is 0. The molecule has 1 amide bonds. The summed E-state index contributed by atoms with van der Waals surface area (Å²) < 4.78 is 6.97. The van der Waals surface area contributed by atoms with Gasteiger partial charge in [-0.1, -0.05) is 62.3 Å². The van der Waals surface area contributed by atoms with E-state index in [9.17, 15) is 4.79 Å². The Bertz CT molecular complexity index is 459. The van der Waals surface area contributed by atoms with E-state index >= 15 is 0 Å². The third-order valence-electron chi connectivity index (χ3n) is 6.71. The number of carboxylic acid groups (broad SMARTS) is 1. The van der Waals surface area contributed by atoms with Crippen LogP contribution in [0.15, 0.2) is 0 Å². The van der Waals surface area contributed by atoms with Crippen molar-refractivity contribution in [3.63, 3.8) is 0 Å². The van der Waals surface area contributed by atoms with Crippen LogP contribution in [0.3, 0.4) is 0 Å². The predicted octanol–water partition coefficient (Wildman–Crippen LogP) is 5.76. The molecule has 0 aromatic rings. The first-order chi connectivity index (χ1) is 12.8. The van der Waals surface area contributed by atoms with Gasteiger partial charge < -0.3 is 20.2 Å². The second kappa shape index (κ2) is 10.4. The number of hydrogen-bond donors (Lipinski definition) is 3. The van der Waals surface area contributed by atoms with E-state index in [0.29, 0.717) is 35.3 Å². The maximum Gasteiger partial charge on any atom is 0.404 e. The third kappa shape index (κ3) is 6.73. The van der Waals surface area contributed by atoms with Crippen molar-refractivity contribution in [3.05, 3.63) is 0 Å². The maximum absolute atomic E-state index is 11.1. The fourth-order valence-corrected chi connectivity index (χ4v) is 10.7. The second-order valence-electron chi connectivity index (χ2n) is 10.7. The van der Waals surface area contributed by atoms with Gasteiger partial charge in [0.05, 0.1) is 0 Å². The number of nitrogens with one attached hydrogen (secondary N) is 2. The molecule has 1 rings (SSSR count). The molecule has 1 fully saturated rings. The Labute approximate surface area is 174 Å². The van der Waals surface area contributed by atoms with Gasteiger partial charge in [-0.2, -0.15) is 0 Å². The summed E-state index contributed by atoms with van der Waals surface area (Å²) in [5.41, 5.74) is 1.76. The van der Waals surface area contributed by atoms with E-state index in [1.165, 1.54) is 0 Å². The highest BCUT2D eigenvalue weighted by Crippen LogP contribution is 2.44. The lowest BCUT2D eigenvalue weighted by Gasteiger charge is -2.46. The van der Waals surface area contributed by atoms with E-state index in [0.717, 1.165) is 25.7 Å². The molecule has 1 aliphatic rings. The number of rotatable bonds is 9. The Balaban J connectivity index is 2.61. The molecule has 0 heterocycles. The molecule has 0 spiro atoms. The predicted molar refractivity (Wildman–Crippen MR) is 121 cm³/mol. The molecular weight excluding hydrogens is 368 g/mol. The third-order valence-corrected chi connectivity index (χ3v) is 12.9. The lowest BCUT2D eigenvalue weighted by molar-refractivity contribution is 0.116. The summed E-state index contributed by atoms with van der Waals surface area (Å²) in [7, 11) is -1.81. The molecule has 1 aliphatic carbocycles. The first kappa shape index (κ1) is 25.4. The molecule has 5 nitrogen and oxygen atoms in total.